The number of nitrogens with one attached hydrogen (secondary N) is 2. The Morgan fingerprint density at radius 1 is 1.21 bits per heavy atom. The van der Waals surface area contributed by atoms with Gasteiger partial charge in [-0.2, -0.15) is 0 Å². The first kappa shape index (κ1) is 25.6. The van der Waals surface area contributed by atoms with E-state index in [1.165, 1.54) is 10.6 Å². The number of ether oxygens (including phenoxy) is 2. The van der Waals surface area contributed by atoms with Gasteiger partial charge < -0.3 is 20.1 Å². The lowest BCUT2D eigenvalue weighted by atomic mass is 10.1. The number of aromatic nitrogens is 1. The van der Waals surface area contributed by atoms with Gasteiger partial charge in [0.15, 0.2) is 5.96 Å². The summed E-state index contributed by atoms with van der Waals surface area (Å²) < 4.78 is 10.9. The maximum Gasteiger partial charge on any atom is 0.191 e. The molecule has 0 atom stereocenters. The highest BCUT2D eigenvalue weighted by Gasteiger charge is 2.06. The molecule has 0 saturated carbocycles. The largest absolute Gasteiger partial charge is 0.491 e. The SMILES string of the molecule is CCNC(=NCc1ccc(C)cc1OCCOC)NCCc1csc(CC)n1.I. The summed E-state index contributed by atoms with van der Waals surface area (Å²) in [7, 11) is 1.67. The van der Waals surface area contributed by atoms with Crippen molar-refractivity contribution < 1.29 is 9.47 Å². The summed E-state index contributed by atoms with van der Waals surface area (Å²) in [6, 6.07) is 6.21. The van der Waals surface area contributed by atoms with Crippen LogP contribution in [-0.4, -0.2) is 44.4 Å². The van der Waals surface area contributed by atoms with Crippen molar-refractivity contribution in [2.24, 2.45) is 4.99 Å². The standard InChI is InChI=1S/C21H32N4O2S.HI/c1-5-20-25-18(15-28-20)9-10-23-21(22-6-2)24-14-17-8-7-16(3)13-19(17)27-12-11-26-4;/h7-8,13,15H,5-6,9-12,14H2,1-4H3,(H2,22,23,24);1H. The molecule has 0 aliphatic rings. The summed E-state index contributed by atoms with van der Waals surface area (Å²) in [6.45, 7) is 9.52. The van der Waals surface area contributed by atoms with Gasteiger partial charge in [0.05, 0.1) is 23.9 Å². The summed E-state index contributed by atoms with van der Waals surface area (Å²) >= 11 is 1.73. The zero-order valence-corrected chi connectivity index (χ0v) is 20.9. The van der Waals surface area contributed by atoms with Crippen molar-refractivity contribution in [1.82, 2.24) is 15.6 Å². The molecule has 162 valence electrons. The highest BCUT2D eigenvalue weighted by Crippen LogP contribution is 2.21. The number of hydrogen-bond donors (Lipinski definition) is 2. The normalized spacial score (nSPS) is 11.1. The van der Waals surface area contributed by atoms with E-state index in [-0.39, 0.29) is 24.0 Å². The van der Waals surface area contributed by atoms with Gasteiger partial charge in [0.2, 0.25) is 0 Å². The summed E-state index contributed by atoms with van der Waals surface area (Å²) in [5, 5.41) is 10.0. The number of aliphatic imine (C=N–C) groups is 1. The fourth-order valence-electron chi connectivity index (χ4n) is 2.60. The van der Waals surface area contributed by atoms with Crippen LogP contribution >= 0.6 is 35.3 Å². The van der Waals surface area contributed by atoms with E-state index in [9.17, 15) is 0 Å². The molecule has 0 amide bonds. The Bertz CT molecular complexity index is 752. The summed E-state index contributed by atoms with van der Waals surface area (Å²) in [6.07, 6.45) is 1.88. The number of aryl methyl sites for hydroxylation is 2. The molecular formula is C21H33IN4O2S. The van der Waals surface area contributed by atoms with Crippen LogP contribution < -0.4 is 15.4 Å². The predicted octanol–water partition coefficient (Wildman–Crippen LogP) is 3.95. The Balaban J connectivity index is 0.00000420. The van der Waals surface area contributed by atoms with Gasteiger partial charge in [-0.15, -0.1) is 35.3 Å². The van der Waals surface area contributed by atoms with Crippen LogP contribution in [0.4, 0.5) is 0 Å². The molecule has 0 spiro atoms. The van der Waals surface area contributed by atoms with Gasteiger partial charge in [0, 0.05) is 37.6 Å². The van der Waals surface area contributed by atoms with E-state index in [2.05, 4.69) is 60.0 Å². The lowest BCUT2D eigenvalue weighted by Gasteiger charge is -2.13. The van der Waals surface area contributed by atoms with E-state index in [1.54, 1.807) is 18.4 Å². The predicted molar refractivity (Wildman–Crippen MR) is 132 cm³/mol. The number of benzene rings is 1. The molecule has 1 heterocycles. The van der Waals surface area contributed by atoms with Crippen LogP contribution in [0.15, 0.2) is 28.6 Å². The summed E-state index contributed by atoms with van der Waals surface area (Å²) in [4.78, 5) is 9.33. The first-order chi connectivity index (χ1) is 13.7. The highest BCUT2D eigenvalue weighted by molar-refractivity contribution is 14.0. The molecule has 29 heavy (non-hydrogen) atoms. The molecule has 0 fully saturated rings. The maximum atomic E-state index is 5.86. The van der Waals surface area contributed by atoms with E-state index < -0.39 is 0 Å². The van der Waals surface area contributed by atoms with Gasteiger partial charge >= 0.3 is 0 Å². The summed E-state index contributed by atoms with van der Waals surface area (Å²) in [5.41, 5.74) is 3.36. The van der Waals surface area contributed by atoms with Gasteiger partial charge in [-0.05, 0) is 31.9 Å². The Labute approximate surface area is 195 Å². The Morgan fingerprint density at radius 2 is 2.03 bits per heavy atom. The van der Waals surface area contributed by atoms with Gasteiger partial charge in [-0.3, -0.25) is 0 Å². The van der Waals surface area contributed by atoms with Crippen LogP contribution in [0.3, 0.4) is 0 Å². The van der Waals surface area contributed by atoms with Crippen LogP contribution in [0, 0.1) is 6.92 Å². The molecule has 0 saturated heterocycles. The molecule has 1 aromatic carbocycles. The molecule has 0 radical (unpaired) electrons. The second-order valence-electron chi connectivity index (χ2n) is 6.41. The molecule has 0 aliphatic carbocycles. The van der Waals surface area contributed by atoms with Crippen molar-refractivity contribution in [2.45, 2.75) is 40.2 Å². The molecule has 2 aromatic rings. The van der Waals surface area contributed by atoms with Crippen molar-refractivity contribution in [3.8, 4) is 5.75 Å². The first-order valence-electron chi connectivity index (χ1n) is 9.83. The van der Waals surface area contributed by atoms with E-state index >= 15 is 0 Å². The van der Waals surface area contributed by atoms with Crippen LogP contribution in [0.2, 0.25) is 0 Å². The Kier molecular flexibility index (Phi) is 12.9. The Morgan fingerprint density at radius 3 is 2.72 bits per heavy atom. The van der Waals surface area contributed by atoms with Crippen LogP contribution in [0.5, 0.6) is 5.75 Å². The molecule has 0 bridgehead atoms. The molecule has 2 N–H and O–H groups in total. The van der Waals surface area contributed by atoms with Gasteiger partial charge in [0.1, 0.15) is 12.4 Å². The Hall–Kier alpha value is -1.39. The van der Waals surface area contributed by atoms with E-state index in [0.717, 1.165) is 48.9 Å². The van der Waals surface area contributed by atoms with Crippen molar-refractivity contribution in [1.29, 1.82) is 0 Å². The monoisotopic (exact) mass is 532 g/mol. The number of thiazole rings is 1. The lowest BCUT2D eigenvalue weighted by molar-refractivity contribution is 0.145. The first-order valence-corrected chi connectivity index (χ1v) is 10.7. The van der Waals surface area contributed by atoms with Gasteiger partial charge in [0.25, 0.3) is 0 Å². The molecule has 8 heteroatoms. The second kappa shape index (κ2) is 14.6. The average Bonchev–Trinajstić information content (AvgIpc) is 3.15. The number of guanidine groups is 1. The van der Waals surface area contributed by atoms with Crippen molar-refractivity contribution in [3.63, 3.8) is 0 Å². The fraction of sp³-hybridized carbons (Fsp3) is 0.524. The van der Waals surface area contributed by atoms with Crippen molar-refractivity contribution >= 4 is 41.3 Å². The van der Waals surface area contributed by atoms with Crippen LogP contribution in [0.1, 0.15) is 35.7 Å². The molecule has 0 unspecified atom stereocenters. The van der Waals surface area contributed by atoms with E-state index in [0.29, 0.717) is 19.8 Å². The topological polar surface area (TPSA) is 67.8 Å². The lowest BCUT2D eigenvalue weighted by Crippen LogP contribution is -2.38. The molecule has 6 nitrogen and oxygen atoms in total. The number of nitrogens with zero attached hydrogens (tertiary/aromatic N) is 2. The fourth-order valence-corrected chi connectivity index (χ4v) is 3.38. The third-order valence-corrected chi connectivity index (χ3v) is 5.14. The minimum atomic E-state index is 0. The van der Waals surface area contributed by atoms with Crippen molar-refractivity contribution in [3.05, 3.63) is 45.4 Å². The highest BCUT2D eigenvalue weighted by atomic mass is 127. The van der Waals surface area contributed by atoms with Gasteiger partial charge in [-0.25, -0.2) is 9.98 Å². The molecule has 2 rings (SSSR count). The van der Waals surface area contributed by atoms with E-state index in [4.69, 9.17) is 14.5 Å². The number of halogens is 1. The second-order valence-corrected chi connectivity index (χ2v) is 7.35. The smallest absolute Gasteiger partial charge is 0.191 e. The number of hydrogen-bond acceptors (Lipinski definition) is 5. The van der Waals surface area contributed by atoms with Crippen LogP contribution in [-0.2, 0) is 24.1 Å². The molecule has 0 aliphatic heterocycles. The maximum absolute atomic E-state index is 5.86. The minimum Gasteiger partial charge on any atom is -0.491 e. The summed E-state index contributed by atoms with van der Waals surface area (Å²) in [5.74, 6) is 1.67. The molecular weight excluding hydrogens is 499 g/mol. The molecule has 1 aromatic heterocycles. The zero-order valence-electron chi connectivity index (χ0n) is 17.8. The number of rotatable bonds is 11. The number of methoxy groups -OCH3 is 1. The van der Waals surface area contributed by atoms with Gasteiger partial charge in [-0.1, -0.05) is 19.1 Å². The van der Waals surface area contributed by atoms with Crippen molar-refractivity contribution in [2.75, 3.05) is 33.4 Å². The zero-order chi connectivity index (χ0) is 20.2. The van der Waals surface area contributed by atoms with Crippen LogP contribution in [0.25, 0.3) is 0 Å². The van der Waals surface area contributed by atoms with E-state index in [1.807, 2.05) is 0 Å². The average molecular weight is 532 g/mol. The third-order valence-electron chi connectivity index (χ3n) is 4.09. The third kappa shape index (κ3) is 9.31. The quantitative estimate of drug-likeness (QED) is 0.199. The minimum absolute atomic E-state index is 0.